The van der Waals surface area contributed by atoms with Crippen LogP contribution in [0.3, 0.4) is 0 Å². The molecule has 0 unspecified atom stereocenters. The molecule has 0 N–H and O–H groups in total. The third-order valence-electron chi connectivity index (χ3n) is 3.18. The number of carbonyl (C=O) groups excluding carboxylic acids is 1. The third-order valence-corrected chi connectivity index (χ3v) is 3.18. The largest absolute Gasteiger partial charge is 0.427 e. The zero-order chi connectivity index (χ0) is 14.2. The van der Waals surface area contributed by atoms with Crippen LogP contribution in [0.25, 0.3) is 0 Å². The first kappa shape index (κ1) is 14.3. The Morgan fingerprint density at radius 3 is 2.65 bits per heavy atom. The molecule has 104 valence electrons. The molecule has 0 radical (unpaired) electrons. The Kier molecular flexibility index (Phi) is 5.30. The van der Waals surface area contributed by atoms with E-state index in [1.807, 2.05) is 36.5 Å². The number of aromatic nitrogens is 1. The molecule has 0 saturated carbocycles. The Hall–Kier alpha value is -2.16. The summed E-state index contributed by atoms with van der Waals surface area (Å²) < 4.78 is 5.35. The predicted molar refractivity (Wildman–Crippen MR) is 78.6 cm³/mol. The van der Waals surface area contributed by atoms with Gasteiger partial charge in [0, 0.05) is 12.4 Å². The van der Waals surface area contributed by atoms with Crippen LogP contribution in [0.1, 0.15) is 37.7 Å². The highest BCUT2D eigenvalue weighted by Crippen LogP contribution is 2.25. The number of rotatable bonds is 6. The fraction of sp³-hybridized carbons (Fsp3) is 0.294. The first-order chi connectivity index (χ1) is 9.79. The van der Waals surface area contributed by atoms with Crippen molar-refractivity contribution in [3.05, 3.63) is 60.4 Å². The van der Waals surface area contributed by atoms with Crippen molar-refractivity contribution < 1.29 is 9.53 Å². The van der Waals surface area contributed by atoms with E-state index in [2.05, 4.69) is 11.9 Å². The van der Waals surface area contributed by atoms with Crippen LogP contribution in [0.2, 0.25) is 0 Å². The van der Waals surface area contributed by atoms with Gasteiger partial charge < -0.3 is 4.74 Å². The van der Waals surface area contributed by atoms with Crippen LogP contribution in [-0.2, 0) is 4.79 Å². The molecular formula is C17H19NO2. The van der Waals surface area contributed by atoms with Gasteiger partial charge in [-0.2, -0.15) is 0 Å². The van der Waals surface area contributed by atoms with Crippen molar-refractivity contribution in [3.8, 4) is 5.75 Å². The number of pyridine rings is 1. The highest BCUT2D eigenvalue weighted by atomic mass is 16.5. The lowest BCUT2D eigenvalue weighted by atomic mass is 9.93. The van der Waals surface area contributed by atoms with E-state index in [4.69, 9.17) is 4.74 Å². The second kappa shape index (κ2) is 7.43. The quantitative estimate of drug-likeness (QED) is 0.588. The second-order valence-corrected chi connectivity index (χ2v) is 4.76. The highest BCUT2D eigenvalue weighted by Gasteiger charge is 2.17. The Morgan fingerprint density at radius 1 is 1.20 bits per heavy atom. The number of nitrogens with zero attached hydrogens (tertiary/aromatic N) is 1. The lowest BCUT2D eigenvalue weighted by Crippen LogP contribution is -2.13. The number of para-hydroxylation sites is 1. The lowest BCUT2D eigenvalue weighted by Gasteiger charge is -2.15. The van der Waals surface area contributed by atoms with Crippen LogP contribution in [0.5, 0.6) is 5.75 Å². The fourth-order valence-electron chi connectivity index (χ4n) is 2.22. The SMILES string of the molecule is CCC[C@@H](CC(=O)Oc1ccccc1)c1cccnc1. The van der Waals surface area contributed by atoms with Crippen LogP contribution in [0, 0.1) is 0 Å². The average molecular weight is 269 g/mol. The van der Waals surface area contributed by atoms with E-state index >= 15 is 0 Å². The molecule has 0 saturated heterocycles. The molecule has 0 amide bonds. The first-order valence-corrected chi connectivity index (χ1v) is 6.95. The third kappa shape index (κ3) is 4.19. The minimum atomic E-state index is -0.196. The first-order valence-electron chi connectivity index (χ1n) is 6.95. The maximum absolute atomic E-state index is 12.0. The van der Waals surface area contributed by atoms with Gasteiger partial charge in [0.15, 0.2) is 0 Å². The highest BCUT2D eigenvalue weighted by molar-refractivity contribution is 5.73. The lowest BCUT2D eigenvalue weighted by molar-refractivity contribution is -0.134. The smallest absolute Gasteiger partial charge is 0.311 e. The van der Waals surface area contributed by atoms with Gasteiger partial charge in [-0.1, -0.05) is 37.6 Å². The maximum Gasteiger partial charge on any atom is 0.311 e. The van der Waals surface area contributed by atoms with Crippen LogP contribution in [-0.4, -0.2) is 11.0 Å². The zero-order valence-electron chi connectivity index (χ0n) is 11.7. The van der Waals surface area contributed by atoms with E-state index < -0.39 is 0 Å². The topological polar surface area (TPSA) is 39.2 Å². The van der Waals surface area contributed by atoms with Crippen molar-refractivity contribution >= 4 is 5.97 Å². The van der Waals surface area contributed by atoms with Gasteiger partial charge in [0.1, 0.15) is 5.75 Å². The van der Waals surface area contributed by atoms with Gasteiger partial charge in [-0.15, -0.1) is 0 Å². The Balaban J connectivity index is 1.99. The normalized spacial score (nSPS) is 11.8. The average Bonchev–Trinajstić information content (AvgIpc) is 2.49. The summed E-state index contributed by atoms with van der Waals surface area (Å²) in [5, 5.41) is 0. The molecule has 0 fully saturated rings. The zero-order valence-corrected chi connectivity index (χ0v) is 11.7. The Morgan fingerprint density at radius 2 is 2.00 bits per heavy atom. The molecule has 1 heterocycles. The van der Waals surface area contributed by atoms with Crippen molar-refractivity contribution in [1.29, 1.82) is 0 Å². The Bertz CT molecular complexity index is 525. The molecule has 0 aliphatic rings. The summed E-state index contributed by atoms with van der Waals surface area (Å²) in [6, 6.07) is 13.1. The molecule has 3 heteroatoms. The standard InChI is InChI=1S/C17H19NO2/c1-2-7-14(15-8-6-11-18-13-15)12-17(19)20-16-9-4-3-5-10-16/h3-6,8-11,13-14H,2,7,12H2,1H3/t14-/m0/s1. The summed E-state index contributed by atoms with van der Waals surface area (Å²) in [5.74, 6) is 0.572. The van der Waals surface area contributed by atoms with Crippen molar-refractivity contribution in [2.45, 2.75) is 32.1 Å². The van der Waals surface area contributed by atoms with E-state index in [9.17, 15) is 4.79 Å². The summed E-state index contributed by atoms with van der Waals surface area (Å²) >= 11 is 0. The monoisotopic (exact) mass is 269 g/mol. The van der Waals surface area contributed by atoms with Gasteiger partial charge in [-0.25, -0.2) is 0 Å². The van der Waals surface area contributed by atoms with Gasteiger partial charge in [-0.05, 0) is 36.1 Å². The molecule has 0 aliphatic carbocycles. The van der Waals surface area contributed by atoms with Gasteiger partial charge in [-0.3, -0.25) is 9.78 Å². The summed E-state index contributed by atoms with van der Waals surface area (Å²) in [6.45, 7) is 2.12. The van der Waals surface area contributed by atoms with Crippen LogP contribution >= 0.6 is 0 Å². The minimum absolute atomic E-state index is 0.171. The van der Waals surface area contributed by atoms with Crippen molar-refractivity contribution in [1.82, 2.24) is 4.98 Å². The van der Waals surface area contributed by atoms with Crippen molar-refractivity contribution in [2.75, 3.05) is 0 Å². The molecule has 0 bridgehead atoms. The van der Waals surface area contributed by atoms with Crippen LogP contribution in [0.4, 0.5) is 0 Å². The number of carbonyl (C=O) groups is 1. The van der Waals surface area contributed by atoms with E-state index in [1.54, 1.807) is 18.3 Å². The summed E-state index contributed by atoms with van der Waals surface area (Å²) in [4.78, 5) is 16.2. The number of esters is 1. The van der Waals surface area contributed by atoms with Gasteiger partial charge in [0.2, 0.25) is 0 Å². The minimum Gasteiger partial charge on any atom is -0.427 e. The molecule has 0 spiro atoms. The van der Waals surface area contributed by atoms with Crippen LogP contribution in [0.15, 0.2) is 54.9 Å². The van der Waals surface area contributed by atoms with Gasteiger partial charge in [0.25, 0.3) is 0 Å². The number of hydrogen-bond acceptors (Lipinski definition) is 3. The summed E-state index contributed by atoms with van der Waals surface area (Å²) in [6.07, 6.45) is 5.94. The van der Waals surface area contributed by atoms with Crippen molar-refractivity contribution in [3.63, 3.8) is 0 Å². The van der Waals surface area contributed by atoms with E-state index in [0.29, 0.717) is 12.2 Å². The number of benzene rings is 1. The second-order valence-electron chi connectivity index (χ2n) is 4.76. The number of ether oxygens (including phenoxy) is 1. The molecule has 2 aromatic rings. The molecule has 2 rings (SSSR count). The molecular weight excluding hydrogens is 250 g/mol. The summed E-state index contributed by atoms with van der Waals surface area (Å²) in [7, 11) is 0. The maximum atomic E-state index is 12.0. The Labute approximate surface area is 119 Å². The van der Waals surface area contributed by atoms with Gasteiger partial charge >= 0.3 is 5.97 Å². The molecule has 0 aliphatic heterocycles. The van der Waals surface area contributed by atoms with Crippen molar-refractivity contribution in [2.24, 2.45) is 0 Å². The van der Waals surface area contributed by atoms with E-state index in [1.165, 1.54) is 0 Å². The molecule has 3 nitrogen and oxygen atoms in total. The fourth-order valence-corrected chi connectivity index (χ4v) is 2.22. The van der Waals surface area contributed by atoms with Crippen LogP contribution < -0.4 is 4.74 Å². The van der Waals surface area contributed by atoms with E-state index in [-0.39, 0.29) is 11.9 Å². The molecule has 1 aromatic carbocycles. The molecule has 1 aromatic heterocycles. The number of hydrogen-bond donors (Lipinski definition) is 0. The van der Waals surface area contributed by atoms with Gasteiger partial charge in [0.05, 0.1) is 6.42 Å². The molecule has 20 heavy (non-hydrogen) atoms. The summed E-state index contributed by atoms with van der Waals surface area (Å²) in [5.41, 5.74) is 1.10. The predicted octanol–water partition coefficient (Wildman–Crippen LogP) is 3.96. The molecule has 1 atom stereocenters. The van der Waals surface area contributed by atoms with E-state index in [0.717, 1.165) is 18.4 Å².